The van der Waals surface area contributed by atoms with Gasteiger partial charge in [0.15, 0.2) is 0 Å². The van der Waals surface area contributed by atoms with Gasteiger partial charge in [-0.05, 0) is 191 Å². The maximum absolute atomic E-state index is 3.22. The minimum Gasteiger partial charge on any atom is -0.226 e. The normalized spacial score (nSPS) is 7.61. The molecule has 0 nitrogen and oxygen atoms in total. The molecular weight excluding hydrogens is 4170 g/mol. The summed E-state index contributed by atoms with van der Waals surface area (Å²) in [7, 11) is 0. The first-order valence-corrected chi connectivity index (χ1v) is 44.7. The molecule has 0 amide bonds. The summed E-state index contributed by atoms with van der Waals surface area (Å²) in [5, 5.41) is 35.3. The van der Waals surface area contributed by atoms with E-state index in [2.05, 4.69) is 339 Å². The molecule has 0 saturated heterocycles. The van der Waals surface area contributed by atoms with Gasteiger partial charge in [0.1, 0.15) is 0 Å². The maximum atomic E-state index is 3.22. The van der Waals surface area contributed by atoms with E-state index in [4.69, 9.17) is 0 Å². The summed E-state index contributed by atoms with van der Waals surface area (Å²) in [5.74, 6) is 0. The van der Waals surface area contributed by atoms with E-state index in [1.165, 1.54) is 173 Å². The van der Waals surface area contributed by atoms with Crippen LogP contribution in [0.5, 0.6) is 0 Å². The maximum Gasteiger partial charge on any atom is 0 e. The van der Waals surface area contributed by atoms with Crippen molar-refractivity contribution in [1.82, 2.24) is 0 Å². The van der Waals surface area contributed by atoms with Crippen molar-refractivity contribution >= 4 is 140 Å². The van der Waals surface area contributed by atoms with Crippen molar-refractivity contribution < 1.29 is 1010 Å². The summed E-state index contributed by atoms with van der Waals surface area (Å²) in [5.41, 5.74) is 10.2. The van der Waals surface area contributed by atoms with Gasteiger partial charge in [-0.3, -0.25) is 0 Å². The molecular formula is C118H142Y31-2. The van der Waals surface area contributed by atoms with Crippen LogP contribution in [0, 0.1) is 53.7 Å². The molecule has 0 aromatic heterocycles. The third kappa shape index (κ3) is 80.5. The Morgan fingerprint density at radius 1 is 0.128 bits per heavy atom. The Labute approximate surface area is 1690 Å². The summed E-state index contributed by atoms with van der Waals surface area (Å²) in [4.78, 5) is 0. The molecule has 0 aliphatic rings. The van der Waals surface area contributed by atoms with Crippen molar-refractivity contribution in [2.75, 3.05) is 0 Å². The van der Waals surface area contributed by atoms with Crippen LogP contribution in [0.3, 0.4) is 0 Å². The van der Waals surface area contributed by atoms with E-state index in [0.717, 1.165) is 11.1 Å². The standard InChI is InChI=1S/3C17H12.2C15H12.C13H10.12C2H6.31Y/c1-11-10-14-6-2-4-12-8-9-13-5-3-7-15(11)17(13)16(12)14;1-11-9-14-7-5-12-3-2-4-13-6-8-15(10-11)17(14)16(12)13;1-11-5-6-14-8-7-12-3-2-4-13-9-10-15(11)17(14)16(12)13;1-11-6-9-15-13(10-11)8-7-12-4-2-3-5-14(12)15;1-11-6-7-13-9-8-12-4-2-3-5-14(12)15(13)10-11;1-11-7-5-6-10-13(11)12-8-3-2-4-9-12;12*1-2;;;;;;;;;;;;;;;;;;;;;;;;;;;;;;;/h3*2-10H,1H3;2*2-10H,1H3;2-8H,1H3;12*1-2H3;;;;;;;;;;;;;;;;;;;;;;;;;;;;;;;/q;;;;;-2;;;;;;;;;;;;;;;;;;;;;;;;;;;;;;;;;;;;;;;;;;;. The summed E-state index contributed by atoms with van der Waals surface area (Å²) in [6, 6.07) is 119. The summed E-state index contributed by atoms with van der Waals surface area (Å²) >= 11 is 0. The smallest absolute Gasteiger partial charge is 0 e. The second-order valence-electron chi connectivity index (χ2n) is 25.3. The zero-order valence-electron chi connectivity index (χ0n) is 95.9. The van der Waals surface area contributed by atoms with E-state index in [-0.39, 0.29) is 1010 Å². The SMILES string of the molecule is CC.CC.CC.CC.CC.CC.CC.CC.CC.CC.CC.CC.Cc1cc2ccc3cccc4ccc(c1)c2c34.Cc1cc2cccc3ccc4cccc1c4c32.Cc1ccc2c(ccc3ccccc32)c1.Cc1ccc2ccc3cccc4ccc1c2c34.Cc1ccc2ccc3ccccc3c2c1.Cc1ccc[c-]c1-c1[c-]cccc1.[Y].[Y].[Y].[Y].[Y].[Y].[Y].[Y].[Y].[Y].[Y].[Y].[Y].[Y].[Y].[Y].[Y].[Y].[Y].[Y].[Y].[Y].[Y].[Y].[Y].[Y].[Y].[Y].[Y].[Y].[Y]. The van der Waals surface area contributed by atoms with Crippen LogP contribution in [-0.4, -0.2) is 0 Å². The van der Waals surface area contributed by atoms with Gasteiger partial charge in [-0.1, -0.05) is 457 Å². The molecule has 0 spiro atoms. The van der Waals surface area contributed by atoms with Gasteiger partial charge >= 0.3 is 0 Å². The Morgan fingerprint density at radius 2 is 0.356 bits per heavy atom. The Bertz CT molecular complexity index is 6080. The molecule has 0 saturated carbocycles. The minimum atomic E-state index is 0. The minimum absolute atomic E-state index is 0. The molecule has 709 valence electrons. The number of hydrogen-bond acceptors (Lipinski definition) is 0. The molecule has 0 fully saturated rings. The number of rotatable bonds is 1. The fourth-order valence-electron chi connectivity index (χ4n) is 14.3. The van der Waals surface area contributed by atoms with E-state index < -0.39 is 0 Å². The zero-order chi connectivity index (χ0) is 87.8. The first-order valence-electron chi connectivity index (χ1n) is 44.7. The van der Waals surface area contributed by atoms with E-state index in [1.54, 1.807) is 0 Å². The van der Waals surface area contributed by atoms with Gasteiger partial charge in [0.25, 0.3) is 0 Å². The molecule has 149 heavy (non-hydrogen) atoms. The first-order chi connectivity index (χ1) is 58.1. The first kappa shape index (κ1) is 246. The van der Waals surface area contributed by atoms with Crippen LogP contribution in [0.1, 0.15) is 200 Å². The van der Waals surface area contributed by atoms with Crippen molar-refractivity contribution in [3.63, 3.8) is 0 Å². The molecule has 0 bridgehead atoms. The van der Waals surface area contributed by atoms with E-state index in [1.807, 2.05) is 197 Å². The molecule has 0 heterocycles. The van der Waals surface area contributed by atoms with Gasteiger partial charge in [-0.25, -0.2) is 11.1 Å². The number of benzene rings is 20. The van der Waals surface area contributed by atoms with Crippen LogP contribution in [0.25, 0.3) is 151 Å². The third-order valence-corrected chi connectivity index (χ3v) is 18.9. The van der Waals surface area contributed by atoms with Gasteiger partial charge in [0, 0.05) is 1010 Å². The molecule has 0 unspecified atom stereocenters. The predicted molar refractivity (Wildman–Crippen MR) is 547 cm³/mol. The Morgan fingerprint density at radius 3 is 0.745 bits per heavy atom. The van der Waals surface area contributed by atoms with Gasteiger partial charge in [0.05, 0.1) is 0 Å². The van der Waals surface area contributed by atoms with E-state index in [0.29, 0.717) is 0 Å². The van der Waals surface area contributed by atoms with Gasteiger partial charge in [-0.15, -0.1) is 12.1 Å². The van der Waals surface area contributed by atoms with Crippen LogP contribution in [0.4, 0.5) is 0 Å². The van der Waals surface area contributed by atoms with Crippen molar-refractivity contribution in [2.45, 2.75) is 208 Å². The van der Waals surface area contributed by atoms with Crippen molar-refractivity contribution in [3.8, 4) is 11.1 Å². The quantitative estimate of drug-likeness (QED) is 0.114. The van der Waals surface area contributed by atoms with E-state index >= 15 is 0 Å². The predicted octanol–water partition coefficient (Wildman–Crippen LogP) is 38.8. The molecule has 20 rings (SSSR count). The van der Waals surface area contributed by atoms with Gasteiger partial charge in [0.2, 0.25) is 0 Å². The molecule has 0 aliphatic heterocycles. The monoisotopic (exact) mass is 4320 g/mol. The fourth-order valence-corrected chi connectivity index (χ4v) is 14.3. The van der Waals surface area contributed by atoms with Crippen LogP contribution in [0.15, 0.2) is 315 Å². The van der Waals surface area contributed by atoms with Crippen molar-refractivity contribution in [3.05, 3.63) is 361 Å². The molecule has 31 heteroatoms. The van der Waals surface area contributed by atoms with Crippen LogP contribution >= 0.6 is 0 Å². The number of hydrogen-bond donors (Lipinski definition) is 0. The number of fused-ring (bicyclic) bond motifs is 6. The average molecular weight is 4320 g/mol. The van der Waals surface area contributed by atoms with Gasteiger partial charge < -0.3 is 0 Å². The van der Waals surface area contributed by atoms with Crippen LogP contribution < -0.4 is 0 Å². The van der Waals surface area contributed by atoms with E-state index in [9.17, 15) is 0 Å². The van der Waals surface area contributed by atoms with Crippen LogP contribution in [-0.2, 0) is 1010 Å². The number of aryl methyl sites for hydroxylation is 6. The fraction of sp³-hybridized carbons (Fsp3) is 0.254. The summed E-state index contributed by atoms with van der Waals surface area (Å²) < 4.78 is 0. The second-order valence-corrected chi connectivity index (χ2v) is 25.3. The molecule has 20 aromatic rings. The van der Waals surface area contributed by atoms with Crippen molar-refractivity contribution in [1.29, 1.82) is 0 Å². The molecule has 0 atom stereocenters. The molecule has 20 aromatic carbocycles. The summed E-state index contributed by atoms with van der Waals surface area (Å²) in [6.45, 7) is 60.9. The van der Waals surface area contributed by atoms with Crippen molar-refractivity contribution in [2.24, 2.45) is 0 Å². The molecule has 0 N–H and O–H groups in total. The zero-order valence-corrected chi connectivity index (χ0v) is 184. The topological polar surface area (TPSA) is 0 Å². The molecule has 0 aliphatic carbocycles. The van der Waals surface area contributed by atoms with Gasteiger partial charge in [-0.2, -0.15) is 48.0 Å². The summed E-state index contributed by atoms with van der Waals surface area (Å²) in [6.07, 6.45) is 0. The second kappa shape index (κ2) is 154. The Kier molecular flexibility index (Phi) is 254. The largest absolute Gasteiger partial charge is 0.226 e. The average Bonchev–Trinajstić information content (AvgIpc) is 0.747. The Hall–Kier alpha value is 22.8. The molecule has 31 radical (unpaired) electrons. The third-order valence-electron chi connectivity index (χ3n) is 18.9. The Balaban J connectivity index is -0.0000000397. The van der Waals surface area contributed by atoms with Crippen LogP contribution in [0.2, 0.25) is 0 Å².